The standard InChI is InChI=1S/C16H22N2O5S/c1-3-23-16(20)13-8-10-18(11-9-13)15(19)12-4-6-14(7-5-12)17-24(2,21)22/h4-7,13,17H,3,8-11H2,1-2H3. The monoisotopic (exact) mass is 354 g/mol. The number of hydrogen-bond acceptors (Lipinski definition) is 5. The number of nitrogens with one attached hydrogen (secondary N) is 1. The Labute approximate surface area is 142 Å². The number of piperidine rings is 1. The molecule has 0 aliphatic carbocycles. The summed E-state index contributed by atoms with van der Waals surface area (Å²) >= 11 is 0. The Hall–Kier alpha value is -2.09. The number of carbonyl (C=O) groups excluding carboxylic acids is 2. The highest BCUT2D eigenvalue weighted by Gasteiger charge is 2.28. The number of sulfonamides is 1. The van der Waals surface area contributed by atoms with Crippen molar-refractivity contribution in [2.75, 3.05) is 30.7 Å². The maximum atomic E-state index is 12.5. The summed E-state index contributed by atoms with van der Waals surface area (Å²) in [5, 5.41) is 0. The fourth-order valence-electron chi connectivity index (χ4n) is 2.66. The van der Waals surface area contributed by atoms with Crippen molar-refractivity contribution in [1.82, 2.24) is 4.90 Å². The first-order valence-electron chi connectivity index (χ1n) is 7.84. The van der Waals surface area contributed by atoms with E-state index in [0.29, 0.717) is 43.8 Å². The first-order chi connectivity index (χ1) is 11.3. The van der Waals surface area contributed by atoms with Crippen molar-refractivity contribution in [3.63, 3.8) is 0 Å². The third kappa shape index (κ3) is 4.95. The van der Waals surface area contributed by atoms with Gasteiger partial charge in [-0.25, -0.2) is 8.42 Å². The van der Waals surface area contributed by atoms with Gasteiger partial charge in [0.25, 0.3) is 5.91 Å². The molecule has 1 fully saturated rings. The fourth-order valence-corrected chi connectivity index (χ4v) is 3.22. The van der Waals surface area contributed by atoms with E-state index in [2.05, 4.69) is 4.72 Å². The number of ether oxygens (including phenoxy) is 1. The molecule has 2 rings (SSSR count). The first kappa shape index (κ1) is 18.3. The van der Waals surface area contributed by atoms with Gasteiger partial charge in [-0.1, -0.05) is 0 Å². The molecular weight excluding hydrogens is 332 g/mol. The quantitative estimate of drug-likeness (QED) is 0.809. The van der Waals surface area contributed by atoms with Gasteiger partial charge >= 0.3 is 5.97 Å². The van der Waals surface area contributed by atoms with Gasteiger partial charge in [0, 0.05) is 24.3 Å². The number of likely N-dealkylation sites (tertiary alicyclic amines) is 1. The molecule has 1 heterocycles. The van der Waals surface area contributed by atoms with Gasteiger partial charge in [-0.15, -0.1) is 0 Å². The molecule has 1 amide bonds. The summed E-state index contributed by atoms with van der Waals surface area (Å²) in [6, 6.07) is 6.29. The lowest BCUT2D eigenvalue weighted by Gasteiger charge is -2.31. The zero-order valence-electron chi connectivity index (χ0n) is 13.8. The van der Waals surface area contributed by atoms with Crippen molar-refractivity contribution in [3.8, 4) is 0 Å². The Balaban J connectivity index is 1.94. The molecular formula is C16H22N2O5S. The minimum absolute atomic E-state index is 0.122. The van der Waals surface area contributed by atoms with Crippen LogP contribution < -0.4 is 4.72 Å². The van der Waals surface area contributed by atoms with E-state index in [1.165, 1.54) is 0 Å². The summed E-state index contributed by atoms with van der Waals surface area (Å²) in [6.07, 6.45) is 2.26. The molecule has 0 aromatic heterocycles. The van der Waals surface area contributed by atoms with E-state index in [-0.39, 0.29) is 17.8 Å². The molecule has 0 radical (unpaired) electrons. The van der Waals surface area contributed by atoms with E-state index >= 15 is 0 Å². The number of carbonyl (C=O) groups is 2. The van der Waals surface area contributed by atoms with Crippen molar-refractivity contribution in [1.29, 1.82) is 0 Å². The minimum atomic E-state index is -3.34. The van der Waals surface area contributed by atoms with Crippen LogP contribution in [0.15, 0.2) is 24.3 Å². The molecule has 7 nitrogen and oxygen atoms in total. The lowest BCUT2D eigenvalue weighted by atomic mass is 9.96. The highest BCUT2D eigenvalue weighted by atomic mass is 32.2. The van der Waals surface area contributed by atoms with Gasteiger partial charge in [0.2, 0.25) is 10.0 Å². The SMILES string of the molecule is CCOC(=O)C1CCN(C(=O)c2ccc(NS(C)(=O)=O)cc2)CC1. The number of rotatable bonds is 5. The zero-order chi connectivity index (χ0) is 17.7. The van der Waals surface area contributed by atoms with Crippen LogP contribution in [0, 0.1) is 5.92 Å². The van der Waals surface area contributed by atoms with E-state index in [4.69, 9.17) is 4.74 Å². The molecule has 1 aliphatic heterocycles. The molecule has 1 aromatic carbocycles. The van der Waals surface area contributed by atoms with Crippen molar-refractivity contribution in [2.24, 2.45) is 5.92 Å². The van der Waals surface area contributed by atoms with Gasteiger partial charge < -0.3 is 9.64 Å². The first-order valence-corrected chi connectivity index (χ1v) is 9.73. The molecule has 0 saturated carbocycles. The van der Waals surface area contributed by atoms with Crippen molar-refractivity contribution in [2.45, 2.75) is 19.8 Å². The van der Waals surface area contributed by atoms with Crippen LogP contribution in [0.5, 0.6) is 0 Å². The third-order valence-electron chi connectivity index (χ3n) is 3.84. The Morgan fingerprint density at radius 3 is 2.29 bits per heavy atom. The van der Waals surface area contributed by atoms with Crippen molar-refractivity contribution >= 4 is 27.6 Å². The Bertz CT molecular complexity index is 692. The molecule has 1 aliphatic rings. The van der Waals surface area contributed by atoms with Crippen LogP contribution in [0.2, 0.25) is 0 Å². The summed E-state index contributed by atoms with van der Waals surface area (Å²) in [5.74, 6) is -0.459. The predicted octanol–water partition coefficient (Wildman–Crippen LogP) is 1.47. The number of hydrogen-bond donors (Lipinski definition) is 1. The molecule has 1 N–H and O–H groups in total. The average molecular weight is 354 g/mol. The summed E-state index contributed by atoms with van der Waals surface area (Å²) < 4.78 is 29.7. The van der Waals surface area contributed by atoms with Crippen LogP contribution in [-0.2, 0) is 19.6 Å². The van der Waals surface area contributed by atoms with E-state index in [0.717, 1.165) is 6.26 Å². The molecule has 24 heavy (non-hydrogen) atoms. The minimum Gasteiger partial charge on any atom is -0.466 e. The molecule has 8 heteroatoms. The topological polar surface area (TPSA) is 92.8 Å². The number of esters is 1. The van der Waals surface area contributed by atoms with Gasteiger partial charge in [-0.05, 0) is 44.0 Å². The van der Waals surface area contributed by atoms with Crippen molar-refractivity contribution in [3.05, 3.63) is 29.8 Å². The molecule has 0 spiro atoms. The Morgan fingerprint density at radius 2 is 1.79 bits per heavy atom. The van der Waals surface area contributed by atoms with Gasteiger partial charge in [0.1, 0.15) is 0 Å². The highest BCUT2D eigenvalue weighted by Crippen LogP contribution is 2.21. The van der Waals surface area contributed by atoms with Crippen LogP contribution >= 0.6 is 0 Å². The number of amides is 1. The molecule has 1 aromatic rings. The second kappa shape index (κ2) is 7.65. The Morgan fingerprint density at radius 1 is 1.21 bits per heavy atom. The predicted molar refractivity (Wildman–Crippen MR) is 90.2 cm³/mol. The van der Waals surface area contributed by atoms with E-state index in [9.17, 15) is 18.0 Å². The van der Waals surface area contributed by atoms with E-state index in [1.54, 1.807) is 36.1 Å². The highest BCUT2D eigenvalue weighted by molar-refractivity contribution is 7.92. The van der Waals surface area contributed by atoms with Crippen LogP contribution in [0.4, 0.5) is 5.69 Å². The number of nitrogens with zero attached hydrogens (tertiary/aromatic N) is 1. The zero-order valence-corrected chi connectivity index (χ0v) is 14.6. The summed E-state index contributed by atoms with van der Waals surface area (Å²) in [7, 11) is -3.34. The molecule has 1 saturated heterocycles. The molecule has 0 bridgehead atoms. The largest absolute Gasteiger partial charge is 0.466 e. The van der Waals surface area contributed by atoms with E-state index < -0.39 is 10.0 Å². The lowest BCUT2D eigenvalue weighted by molar-refractivity contribution is -0.149. The number of anilines is 1. The maximum Gasteiger partial charge on any atom is 0.309 e. The van der Waals surface area contributed by atoms with Crippen molar-refractivity contribution < 1.29 is 22.7 Å². The fraction of sp³-hybridized carbons (Fsp3) is 0.500. The van der Waals surface area contributed by atoms with Gasteiger partial charge in [-0.2, -0.15) is 0 Å². The van der Waals surface area contributed by atoms with Crippen LogP contribution in [-0.4, -0.2) is 51.1 Å². The van der Waals surface area contributed by atoms with Crippen LogP contribution in [0.3, 0.4) is 0 Å². The molecule has 0 atom stereocenters. The molecule has 132 valence electrons. The maximum absolute atomic E-state index is 12.5. The van der Waals surface area contributed by atoms with Crippen LogP contribution in [0.1, 0.15) is 30.1 Å². The second-order valence-electron chi connectivity index (χ2n) is 5.77. The van der Waals surface area contributed by atoms with E-state index in [1.807, 2.05) is 0 Å². The smallest absolute Gasteiger partial charge is 0.309 e. The van der Waals surface area contributed by atoms with Gasteiger partial charge in [-0.3, -0.25) is 14.3 Å². The second-order valence-corrected chi connectivity index (χ2v) is 7.52. The van der Waals surface area contributed by atoms with Gasteiger partial charge in [0.15, 0.2) is 0 Å². The lowest BCUT2D eigenvalue weighted by Crippen LogP contribution is -2.40. The molecule has 0 unspecified atom stereocenters. The normalized spacial score (nSPS) is 15.8. The summed E-state index contributed by atoms with van der Waals surface area (Å²) in [4.78, 5) is 25.9. The summed E-state index contributed by atoms with van der Waals surface area (Å²) in [5.41, 5.74) is 0.902. The Kier molecular flexibility index (Phi) is 5.82. The van der Waals surface area contributed by atoms with Crippen LogP contribution in [0.25, 0.3) is 0 Å². The van der Waals surface area contributed by atoms with Gasteiger partial charge in [0.05, 0.1) is 18.8 Å². The third-order valence-corrected chi connectivity index (χ3v) is 4.44. The number of benzene rings is 1. The summed E-state index contributed by atoms with van der Waals surface area (Å²) in [6.45, 7) is 3.15. The average Bonchev–Trinajstić information content (AvgIpc) is 2.54.